The van der Waals surface area contributed by atoms with E-state index in [1.807, 2.05) is 31.2 Å². The van der Waals surface area contributed by atoms with Gasteiger partial charge >= 0.3 is 0 Å². The second kappa shape index (κ2) is 6.24. The van der Waals surface area contributed by atoms with Crippen LogP contribution in [0.2, 0.25) is 0 Å². The summed E-state index contributed by atoms with van der Waals surface area (Å²) in [7, 11) is 0. The average molecular weight is 342 g/mol. The molecule has 0 aliphatic carbocycles. The molecule has 0 saturated carbocycles. The lowest BCUT2D eigenvalue weighted by Gasteiger charge is -2.29. The van der Waals surface area contributed by atoms with Gasteiger partial charge in [0, 0.05) is 19.0 Å². The number of rotatable bonds is 3. The summed E-state index contributed by atoms with van der Waals surface area (Å²) in [6, 6.07) is 8.40. The van der Waals surface area contributed by atoms with Crippen molar-refractivity contribution in [2.24, 2.45) is 5.92 Å². The molecule has 6 nitrogen and oxygen atoms in total. The Morgan fingerprint density at radius 1 is 1.33 bits per heavy atom. The molecular formula is C17H18N4O2S. The van der Waals surface area contributed by atoms with Gasteiger partial charge in [0.1, 0.15) is 10.5 Å². The zero-order chi connectivity index (χ0) is 16.5. The van der Waals surface area contributed by atoms with Crippen LogP contribution in [0.3, 0.4) is 0 Å². The maximum atomic E-state index is 12.4. The number of amides is 1. The molecule has 2 aromatic heterocycles. The molecule has 0 unspecified atom stereocenters. The minimum absolute atomic E-state index is 0.0205. The highest BCUT2D eigenvalue weighted by Crippen LogP contribution is 2.27. The van der Waals surface area contributed by atoms with Crippen molar-refractivity contribution in [1.29, 1.82) is 0 Å². The zero-order valence-corrected chi connectivity index (χ0v) is 14.2. The molecule has 1 aromatic carbocycles. The van der Waals surface area contributed by atoms with Gasteiger partial charge in [0.25, 0.3) is 6.01 Å². The van der Waals surface area contributed by atoms with Crippen LogP contribution in [0.1, 0.15) is 18.5 Å². The number of benzene rings is 1. The van der Waals surface area contributed by atoms with E-state index in [9.17, 15) is 4.79 Å². The van der Waals surface area contributed by atoms with Gasteiger partial charge in [0.05, 0.1) is 11.2 Å². The van der Waals surface area contributed by atoms with Gasteiger partial charge in [-0.2, -0.15) is 4.98 Å². The van der Waals surface area contributed by atoms with E-state index in [0.717, 1.165) is 47.7 Å². The summed E-state index contributed by atoms with van der Waals surface area (Å²) in [6.45, 7) is 3.45. The van der Waals surface area contributed by atoms with E-state index in [1.165, 1.54) is 11.3 Å². The van der Waals surface area contributed by atoms with Gasteiger partial charge in [-0.05, 0) is 31.9 Å². The number of aromatic nitrogens is 2. The standard InChI is InChI=1S/C17H18N4O2S/c1-11-16(24-10-18-11)20-15(22)12-6-8-21(9-7-12)17-19-13-4-2-3-5-14(13)23-17/h2-5,10,12H,6-9H2,1H3,(H,20,22). The monoisotopic (exact) mass is 342 g/mol. The molecule has 0 spiro atoms. The number of carbonyl (C=O) groups is 1. The SMILES string of the molecule is Cc1ncsc1NC(=O)C1CCN(c2nc3ccccc3o2)CC1. The number of nitrogens with one attached hydrogen (secondary N) is 1. The Morgan fingerprint density at radius 2 is 2.12 bits per heavy atom. The summed E-state index contributed by atoms with van der Waals surface area (Å²) in [5.74, 6) is 0.103. The van der Waals surface area contributed by atoms with Crippen LogP contribution in [0.5, 0.6) is 0 Å². The molecule has 0 bridgehead atoms. The van der Waals surface area contributed by atoms with Gasteiger partial charge in [-0.15, -0.1) is 11.3 Å². The molecule has 0 atom stereocenters. The lowest BCUT2D eigenvalue weighted by molar-refractivity contribution is -0.120. The second-order valence-electron chi connectivity index (χ2n) is 5.98. The molecule has 3 aromatic rings. The van der Waals surface area contributed by atoms with Gasteiger partial charge in [0.15, 0.2) is 5.58 Å². The molecule has 1 fully saturated rings. The van der Waals surface area contributed by atoms with Crippen molar-refractivity contribution in [2.45, 2.75) is 19.8 Å². The zero-order valence-electron chi connectivity index (χ0n) is 13.4. The predicted octanol–water partition coefficient (Wildman–Crippen LogP) is 3.45. The third-order valence-electron chi connectivity index (χ3n) is 4.40. The van der Waals surface area contributed by atoms with Gasteiger partial charge < -0.3 is 14.6 Å². The molecule has 1 aliphatic heterocycles. The minimum Gasteiger partial charge on any atom is -0.423 e. The van der Waals surface area contributed by atoms with E-state index in [0.29, 0.717) is 6.01 Å². The van der Waals surface area contributed by atoms with Crippen LogP contribution in [-0.4, -0.2) is 29.0 Å². The molecule has 3 heterocycles. The normalized spacial score (nSPS) is 15.8. The number of hydrogen-bond donors (Lipinski definition) is 1. The number of hydrogen-bond acceptors (Lipinski definition) is 6. The number of fused-ring (bicyclic) bond motifs is 1. The molecule has 1 aliphatic rings. The fraction of sp³-hybridized carbons (Fsp3) is 0.353. The molecule has 7 heteroatoms. The van der Waals surface area contributed by atoms with Crippen LogP contribution in [0.15, 0.2) is 34.2 Å². The fourth-order valence-electron chi connectivity index (χ4n) is 2.96. The second-order valence-corrected chi connectivity index (χ2v) is 6.84. The van der Waals surface area contributed by atoms with E-state index in [1.54, 1.807) is 5.51 Å². The van der Waals surface area contributed by atoms with Crippen molar-refractivity contribution >= 4 is 39.4 Å². The molecule has 1 amide bonds. The number of nitrogens with zero attached hydrogens (tertiary/aromatic N) is 3. The van der Waals surface area contributed by atoms with E-state index < -0.39 is 0 Å². The topological polar surface area (TPSA) is 71.3 Å². The lowest BCUT2D eigenvalue weighted by Crippen LogP contribution is -2.38. The lowest BCUT2D eigenvalue weighted by atomic mass is 9.96. The Balaban J connectivity index is 1.39. The van der Waals surface area contributed by atoms with Crippen molar-refractivity contribution in [3.8, 4) is 0 Å². The molecule has 24 heavy (non-hydrogen) atoms. The quantitative estimate of drug-likeness (QED) is 0.789. The van der Waals surface area contributed by atoms with Crippen molar-refractivity contribution < 1.29 is 9.21 Å². The van der Waals surface area contributed by atoms with Crippen molar-refractivity contribution in [2.75, 3.05) is 23.3 Å². The summed E-state index contributed by atoms with van der Waals surface area (Å²) < 4.78 is 5.81. The first-order valence-electron chi connectivity index (χ1n) is 8.02. The molecule has 124 valence electrons. The summed E-state index contributed by atoms with van der Waals surface area (Å²) in [5.41, 5.74) is 4.29. The van der Waals surface area contributed by atoms with E-state index in [4.69, 9.17) is 4.42 Å². The minimum atomic E-state index is 0.0205. The van der Waals surface area contributed by atoms with Crippen LogP contribution in [-0.2, 0) is 4.79 Å². The maximum absolute atomic E-state index is 12.4. The first-order chi connectivity index (χ1) is 11.7. The molecule has 0 radical (unpaired) electrons. The van der Waals surface area contributed by atoms with Crippen LogP contribution < -0.4 is 10.2 Å². The number of carbonyl (C=O) groups excluding carboxylic acids is 1. The third-order valence-corrected chi connectivity index (χ3v) is 5.25. The Hall–Kier alpha value is -2.41. The first kappa shape index (κ1) is 15.1. The van der Waals surface area contributed by atoms with Gasteiger partial charge in [-0.3, -0.25) is 4.79 Å². The van der Waals surface area contributed by atoms with Crippen LogP contribution in [0.4, 0.5) is 11.0 Å². The highest BCUT2D eigenvalue weighted by atomic mass is 32.1. The molecular weight excluding hydrogens is 324 g/mol. The Bertz CT molecular complexity index is 831. The first-order valence-corrected chi connectivity index (χ1v) is 8.90. The number of oxazole rings is 1. The number of thiazole rings is 1. The Kier molecular flexibility index (Phi) is 3.93. The summed E-state index contributed by atoms with van der Waals surface area (Å²) in [4.78, 5) is 23.2. The highest BCUT2D eigenvalue weighted by Gasteiger charge is 2.27. The summed E-state index contributed by atoms with van der Waals surface area (Å²) >= 11 is 1.46. The van der Waals surface area contributed by atoms with Crippen LogP contribution in [0, 0.1) is 12.8 Å². The Labute approximate surface area is 143 Å². The number of aryl methyl sites for hydroxylation is 1. The smallest absolute Gasteiger partial charge is 0.298 e. The Morgan fingerprint density at radius 3 is 2.83 bits per heavy atom. The maximum Gasteiger partial charge on any atom is 0.298 e. The van der Waals surface area contributed by atoms with E-state index >= 15 is 0 Å². The largest absolute Gasteiger partial charge is 0.423 e. The predicted molar refractivity (Wildman–Crippen MR) is 94.4 cm³/mol. The van der Waals surface area contributed by atoms with Crippen molar-refractivity contribution in [1.82, 2.24) is 9.97 Å². The van der Waals surface area contributed by atoms with Crippen molar-refractivity contribution in [3.05, 3.63) is 35.5 Å². The molecule has 1 N–H and O–H groups in total. The van der Waals surface area contributed by atoms with E-state index in [-0.39, 0.29) is 11.8 Å². The van der Waals surface area contributed by atoms with E-state index in [2.05, 4.69) is 20.2 Å². The highest BCUT2D eigenvalue weighted by molar-refractivity contribution is 7.14. The fourth-order valence-corrected chi connectivity index (χ4v) is 3.66. The third kappa shape index (κ3) is 2.87. The molecule has 1 saturated heterocycles. The summed E-state index contributed by atoms with van der Waals surface area (Å²) in [6.07, 6.45) is 1.59. The number of para-hydroxylation sites is 2. The van der Waals surface area contributed by atoms with Gasteiger partial charge in [0.2, 0.25) is 5.91 Å². The average Bonchev–Trinajstić information content (AvgIpc) is 3.21. The van der Waals surface area contributed by atoms with Gasteiger partial charge in [-0.25, -0.2) is 4.98 Å². The number of anilines is 2. The molecule has 4 rings (SSSR count). The summed E-state index contributed by atoms with van der Waals surface area (Å²) in [5, 5.41) is 3.84. The van der Waals surface area contributed by atoms with Crippen LogP contribution >= 0.6 is 11.3 Å². The van der Waals surface area contributed by atoms with Gasteiger partial charge in [-0.1, -0.05) is 12.1 Å². The number of piperidine rings is 1. The van der Waals surface area contributed by atoms with Crippen LogP contribution in [0.25, 0.3) is 11.1 Å². The van der Waals surface area contributed by atoms with Crippen molar-refractivity contribution in [3.63, 3.8) is 0 Å².